The molecule has 3 aromatic rings. The molecule has 6 nitrogen and oxygen atoms in total. The number of aryl methyl sites for hydroxylation is 1. The molecule has 1 fully saturated rings. The number of piperazine rings is 1. The number of hydrogen-bond acceptors (Lipinski definition) is 6. The quantitative estimate of drug-likeness (QED) is 0.578. The molecule has 1 saturated heterocycles. The second-order valence-corrected chi connectivity index (χ2v) is 7.81. The first-order valence-corrected chi connectivity index (χ1v) is 10.5. The summed E-state index contributed by atoms with van der Waals surface area (Å²) in [5.41, 5.74) is 1.22. The van der Waals surface area contributed by atoms with Crippen molar-refractivity contribution < 1.29 is 17.9 Å². The molecule has 2 heterocycles. The molecule has 1 aliphatic heterocycles. The maximum absolute atomic E-state index is 14.7. The van der Waals surface area contributed by atoms with Crippen LogP contribution in [0.3, 0.4) is 0 Å². The average Bonchev–Trinajstić information content (AvgIpc) is 2.78. The Balaban J connectivity index is 1.74. The fraction of sp³-hybridized carbons (Fsp3) is 0.391. The van der Waals surface area contributed by atoms with E-state index in [1.807, 2.05) is 12.1 Å². The summed E-state index contributed by atoms with van der Waals surface area (Å²) in [7, 11) is 1.61. The van der Waals surface area contributed by atoms with E-state index in [4.69, 9.17) is 4.74 Å². The van der Waals surface area contributed by atoms with Crippen LogP contribution in [0.1, 0.15) is 36.3 Å². The number of ether oxygens (including phenoxy) is 1. The van der Waals surface area contributed by atoms with Crippen molar-refractivity contribution in [2.75, 3.05) is 43.5 Å². The zero-order valence-electron chi connectivity index (χ0n) is 18.3. The first-order chi connectivity index (χ1) is 15.4. The van der Waals surface area contributed by atoms with Gasteiger partial charge in [-0.3, -0.25) is 0 Å². The Morgan fingerprint density at radius 2 is 1.84 bits per heavy atom. The van der Waals surface area contributed by atoms with Gasteiger partial charge in [-0.05, 0) is 26.0 Å². The fourth-order valence-electron chi connectivity index (χ4n) is 4.04. The molecular formula is C23H26F3N5O. The zero-order valence-corrected chi connectivity index (χ0v) is 18.3. The summed E-state index contributed by atoms with van der Waals surface area (Å²) in [6, 6.07) is 7.28. The second-order valence-electron chi connectivity index (χ2n) is 7.81. The molecule has 1 aromatic heterocycles. The third-order valence-corrected chi connectivity index (χ3v) is 5.68. The summed E-state index contributed by atoms with van der Waals surface area (Å²) in [6.07, 6.45) is -2.88. The maximum atomic E-state index is 14.7. The second kappa shape index (κ2) is 9.20. The van der Waals surface area contributed by atoms with Crippen LogP contribution in [0.5, 0.6) is 5.75 Å². The van der Waals surface area contributed by atoms with E-state index in [9.17, 15) is 13.2 Å². The lowest BCUT2D eigenvalue weighted by atomic mass is 10.0. The zero-order chi connectivity index (χ0) is 22.8. The molecule has 0 aliphatic carbocycles. The number of alkyl halides is 2. The van der Waals surface area contributed by atoms with Gasteiger partial charge in [0.05, 0.1) is 29.9 Å². The molecule has 170 valence electrons. The number of benzene rings is 2. The average molecular weight is 445 g/mol. The minimum Gasteiger partial charge on any atom is -0.495 e. The SMILES string of the molecule is COc1cc2c(N[C@H](C)c3cccc(C(F)F)c3F)nc(C)nc2cc1N1CCNCC1. The van der Waals surface area contributed by atoms with Gasteiger partial charge in [0.25, 0.3) is 6.43 Å². The van der Waals surface area contributed by atoms with Gasteiger partial charge >= 0.3 is 0 Å². The van der Waals surface area contributed by atoms with Crippen LogP contribution in [-0.4, -0.2) is 43.3 Å². The highest BCUT2D eigenvalue weighted by Gasteiger charge is 2.22. The normalized spacial score (nSPS) is 15.3. The molecule has 0 unspecified atom stereocenters. The van der Waals surface area contributed by atoms with Crippen LogP contribution in [0.15, 0.2) is 30.3 Å². The van der Waals surface area contributed by atoms with E-state index in [2.05, 4.69) is 25.5 Å². The van der Waals surface area contributed by atoms with E-state index in [-0.39, 0.29) is 5.56 Å². The molecule has 0 amide bonds. The molecule has 0 bridgehead atoms. The largest absolute Gasteiger partial charge is 0.495 e. The predicted molar refractivity (Wildman–Crippen MR) is 119 cm³/mol. The van der Waals surface area contributed by atoms with Crippen LogP contribution >= 0.6 is 0 Å². The molecule has 0 radical (unpaired) electrons. The summed E-state index contributed by atoms with van der Waals surface area (Å²) in [4.78, 5) is 11.3. The van der Waals surface area contributed by atoms with Crippen molar-refractivity contribution in [2.45, 2.75) is 26.3 Å². The predicted octanol–water partition coefficient (Wildman–Crippen LogP) is 4.61. The molecule has 4 rings (SSSR count). The van der Waals surface area contributed by atoms with Crippen molar-refractivity contribution in [3.63, 3.8) is 0 Å². The minimum atomic E-state index is -2.88. The van der Waals surface area contributed by atoms with Crippen LogP contribution in [0, 0.1) is 12.7 Å². The van der Waals surface area contributed by atoms with Crippen LogP contribution in [-0.2, 0) is 0 Å². The Bertz CT molecular complexity index is 1120. The lowest BCUT2D eigenvalue weighted by molar-refractivity contribution is 0.146. The van der Waals surface area contributed by atoms with Gasteiger partial charge in [0.1, 0.15) is 23.2 Å². The summed E-state index contributed by atoms with van der Waals surface area (Å²) >= 11 is 0. The summed E-state index contributed by atoms with van der Waals surface area (Å²) in [5.74, 6) is 0.821. The smallest absolute Gasteiger partial charge is 0.266 e. The van der Waals surface area contributed by atoms with E-state index >= 15 is 0 Å². The number of hydrogen-bond donors (Lipinski definition) is 2. The monoisotopic (exact) mass is 445 g/mol. The first-order valence-electron chi connectivity index (χ1n) is 10.5. The van der Waals surface area contributed by atoms with Crippen LogP contribution < -0.4 is 20.3 Å². The van der Waals surface area contributed by atoms with Gasteiger partial charge in [-0.1, -0.05) is 18.2 Å². The number of nitrogens with zero attached hydrogens (tertiary/aromatic N) is 3. The molecule has 0 spiro atoms. The Morgan fingerprint density at radius 1 is 1.12 bits per heavy atom. The number of fused-ring (bicyclic) bond motifs is 1. The van der Waals surface area contributed by atoms with Crippen LogP contribution in [0.25, 0.3) is 10.9 Å². The van der Waals surface area contributed by atoms with E-state index in [0.717, 1.165) is 43.4 Å². The van der Waals surface area contributed by atoms with E-state index in [1.54, 1.807) is 21.0 Å². The lowest BCUT2D eigenvalue weighted by Gasteiger charge is -2.31. The number of halogens is 3. The highest BCUT2D eigenvalue weighted by atomic mass is 19.3. The molecule has 9 heteroatoms. The van der Waals surface area contributed by atoms with E-state index in [0.29, 0.717) is 22.8 Å². The lowest BCUT2D eigenvalue weighted by Crippen LogP contribution is -2.43. The van der Waals surface area contributed by atoms with Crippen molar-refractivity contribution >= 4 is 22.4 Å². The third-order valence-electron chi connectivity index (χ3n) is 5.68. The first kappa shape index (κ1) is 22.1. The van der Waals surface area contributed by atoms with Gasteiger partial charge in [-0.2, -0.15) is 0 Å². The van der Waals surface area contributed by atoms with Crippen LogP contribution in [0.4, 0.5) is 24.7 Å². The Kier molecular flexibility index (Phi) is 6.36. The van der Waals surface area contributed by atoms with Crippen molar-refractivity contribution in [3.05, 3.63) is 53.1 Å². The van der Waals surface area contributed by atoms with Gasteiger partial charge in [-0.15, -0.1) is 0 Å². The number of anilines is 2. The molecule has 1 atom stereocenters. The Labute approximate surface area is 184 Å². The van der Waals surface area contributed by atoms with Crippen molar-refractivity contribution in [1.29, 1.82) is 0 Å². The number of nitrogens with one attached hydrogen (secondary N) is 2. The van der Waals surface area contributed by atoms with Gasteiger partial charge in [0, 0.05) is 37.1 Å². The topological polar surface area (TPSA) is 62.3 Å². The molecule has 2 aromatic carbocycles. The third kappa shape index (κ3) is 4.29. The number of aromatic nitrogens is 2. The molecule has 2 N–H and O–H groups in total. The summed E-state index contributed by atoms with van der Waals surface area (Å²) in [5, 5.41) is 7.23. The van der Waals surface area contributed by atoms with Gasteiger partial charge in [0.15, 0.2) is 0 Å². The van der Waals surface area contributed by atoms with E-state index < -0.39 is 23.8 Å². The summed E-state index contributed by atoms with van der Waals surface area (Å²) < 4.78 is 46.6. The Hall–Kier alpha value is -3.07. The Morgan fingerprint density at radius 3 is 2.53 bits per heavy atom. The van der Waals surface area contributed by atoms with E-state index in [1.165, 1.54) is 12.1 Å². The molecular weight excluding hydrogens is 419 g/mol. The van der Waals surface area contributed by atoms with Gasteiger partial charge < -0.3 is 20.3 Å². The number of rotatable bonds is 6. The fourth-order valence-corrected chi connectivity index (χ4v) is 4.04. The number of methoxy groups -OCH3 is 1. The van der Waals surface area contributed by atoms with Gasteiger partial charge in [-0.25, -0.2) is 23.1 Å². The van der Waals surface area contributed by atoms with Crippen LogP contribution in [0.2, 0.25) is 0 Å². The molecule has 1 aliphatic rings. The highest BCUT2D eigenvalue weighted by molar-refractivity contribution is 5.94. The van der Waals surface area contributed by atoms with Crippen molar-refractivity contribution in [1.82, 2.24) is 15.3 Å². The highest BCUT2D eigenvalue weighted by Crippen LogP contribution is 2.36. The van der Waals surface area contributed by atoms with Gasteiger partial charge in [0.2, 0.25) is 0 Å². The molecule has 0 saturated carbocycles. The maximum Gasteiger partial charge on any atom is 0.266 e. The van der Waals surface area contributed by atoms with Crippen molar-refractivity contribution in [3.8, 4) is 5.75 Å². The summed E-state index contributed by atoms with van der Waals surface area (Å²) in [6.45, 7) is 6.97. The molecule has 32 heavy (non-hydrogen) atoms. The minimum absolute atomic E-state index is 0.150. The standard InChI is InChI=1S/C23H26F3N5O/c1-13(15-5-4-6-16(21(15)24)22(25)26)28-23-17-11-20(32-3)19(31-9-7-27-8-10-31)12-18(17)29-14(2)30-23/h4-6,11-13,22,27H,7-10H2,1-3H3,(H,28,29,30)/t13-/m1/s1. The van der Waals surface area contributed by atoms with Crippen molar-refractivity contribution in [2.24, 2.45) is 0 Å².